The van der Waals surface area contributed by atoms with Crippen LogP contribution in [0.25, 0.3) is 0 Å². The highest BCUT2D eigenvalue weighted by Gasteiger charge is 1.99. The molecule has 0 radical (unpaired) electrons. The predicted molar refractivity (Wildman–Crippen MR) is 36.0 cm³/mol. The van der Waals surface area contributed by atoms with Crippen molar-refractivity contribution in [1.29, 1.82) is 5.41 Å². The summed E-state index contributed by atoms with van der Waals surface area (Å²) in [5.74, 6) is -0.308. The van der Waals surface area contributed by atoms with Crippen LogP contribution in [0, 0.1) is 5.41 Å². The lowest BCUT2D eigenvalue weighted by Crippen LogP contribution is -2.21. The summed E-state index contributed by atoms with van der Waals surface area (Å²) in [6.45, 7) is 1.73. The van der Waals surface area contributed by atoms with Crippen LogP contribution in [0.5, 0.6) is 0 Å². The second-order valence-corrected chi connectivity index (χ2v) is 1.63. The quantitative estimate of drug-likeness (QED) is 0.241. The average molecular weight is 129 g/mol. The maximum atomic E-state index is 8.83. The SMILES string of the molecule is CCC(O)=C(N)C(=N)N. The molecule has 0 aliphatic carbocycles. The van der Waals surface area contributed by atoms with Gasteiger partial charge in [0, 0.05) is 6.42 Å². The highest BCUT2D eigenvalue weighted by Crippen LogP contribution is 1.97. The second-order valence-electron chi connectivity index (χ2n) is 1.63. The highest BCUT2D eigenvalue weighted by atomic mass is 16.3. The molecule has 0 aliphatic rings. The number of allylic oxidation sites excluding steroid dienone is 1. The molecule has 0 fully saturated rings. The summed E-state index contributed by atoms with van der Waals surface area (Å²) in [4.78, 5) is 0. The van der Waals surface area contributed by atoms with Gasteiger partial charge in [0.25, 0.3) is 0 Å². The molecule has 0 saturated carbocycles. The van der Waals surface area contributed by atoms with Crippen LogP contribution < -0.4 is 11.5 Å². The maximum absolute atomic E-state index is 8.83. The van der Waals surface area contributed by atoms with E-state index in [4.69, 9.17) is 22.0 Å². The second kappa shape index (κ2) is 2.96. The van der Waals surface area contributed by atoms with E-state index in [-0.39, 0.29) is 17.3 Å². The van der Waals surface area contributed by atoms with Crippen molar-refractivity contribution in [2.24, 2.45) is 11.5 Å². The zero-order valence-electron chi connectivity index (χ0n) is 5.31. The largest absolute Gasteiger partial charge is 0.510 e. The Morgan fingerprint density at radius 1 is 1.56 bits per heavy atom. The Morgan fingerprint density at radius 2 is 2.00 bits per heavy atom. The van der Waals surface area contributed by atoms with Crippen molar-refractivity contribution in [2.75, 3.05) is 0 Å². The summed E-state index contributed by atoms with van der Waals surface area (Å²) >= 11 is 0. The van der Waals surface area contributed by atoms with E-state index >= 15 is 0 Å². The van der Waals surface area contributed by atoms with E-state index in [1.54, 1.807) is 6.92 Å². The van der Waals surface area contributed by atoms with Gasteiger partial charge < -0.3 is 16.6 Å². The number of hydrogen-bond acceptors (Lipinski definition) is 3. The number of hydrogen-bond donors (Lipinski definition) is 4. The number of aliphatic hydroxyl groups is 1. The van der Waals surface area contributed by atoms with Crippen LogP contribution in [0.1, 0.15) is 13.3 Å². The summed E-state index contributed by atoms with van der Waals surface area (Å²) in [6.07, 6.45) is 0.408. The van der Waals surface area contributed by atoms with E-state index in [2.05, 4.69) is 0 Å². The van der Waals surface area contributed by atoms with Crippen molar-refractivity contribution in [1.82, 2.24) is 0 Å². The Hall–Kier alpha value is -1.19. The highest BCUT2D eigenvalue weighted by molar-refractivity contribution is 5.93. The Labute approximate surface area is 53.7 Å². The van der Waals surface area contributed by atoms with Gasteiger partial charge in [-0.1, -0.05) is 6.92 Å². The maximum Gasteiger partial charge on any atom is 0.142 e. The molecule has 0 unspecified atom stereocenters. The molecule has 0 bridgehead atoms. The zero-order chi connectivity index (χ0) is 7.44. The third-order valence-electron chi connectivity index (χ3n) is 0.936. The zero-order valence-corrected chi connectivity index (χ0v) is 5.31. The van der Waals surface area contributed by atoms with Crippen molar-refractivity contribution >= 4 is 5.84 Å². The number of nitrogens with two attached hydrogens (primary N) is 2. The van der Waals surface area contributed by atoms with E-state index in [0.29, 0.717) is 6.42 Å². The van der Waals surface area contributed by atoms with Crippen LogP contribution in [0.3, 0.4) is 0 Å². The molecule has 0 amide bonds. The van der Waals surface area contributed by atoms with Gasteiger partial charge in [0.15, 0.2) is 0 Å². The van der Waals surface area contributed by atoms with Crippen molar-refractivity contribution in [3.05, 3.63) is 11.5 Å². The Morgan fingerprint density at radius 3 is 2.11 bits per heavy atom. The molecule has 0 heterocycles. The molecule has 0 rings (SSSR count). The average Bonchev–Trinajstić information content (AvgIpc) is 1.84. The molecular weight excluding hydrogens is 118 g/mol. The summed E-state index contributed by atoms with van der Waals surface area (Å²) in [5.41, 5.74) is 10.1. The van der Waals surface area contributed by atoms with Crippen molar-refractivity contribution in [3.8, 4) is 0 Å². The Bertz CT molecular complexity index is 150. The lowest BCUT2D eigenvalue weighted by Gasteiger charge is -1.99. The van der Waals surface area contributed by atoms with Crippen molar-refractivity contribution in [3.63, 3.8) is 0 Å². The molecule has 0 aromatic carbocycles. The molecule has 0 aromatic rings. The van der Waals surface area contributed by atoms with Crippen LogP contribution in [-0.2, 0) is 0 Å². The van der Waals surface area contributed by atoms with Crippen LogP contribution in [0.4, 0.5) is 0 Å². The van der Waals surface area contributed by atoms with Gasteiger partial charge in [-0.25, -0.2) is 0 Å². The smallest absolute Gasteiger partial charge is 0.142 e. The Kier molecular flexibility index (Phi) is 2.57. The van der Waals surface area contributed by atoms with Gasteiger partial charge in [0.05, 0.1) is 0 Å². The first-order valence-corrected chi connectivity index (χ1v) is 2.61. The summed E-state index contributed by atoms with van der Waals surface area (Å²) in [6, 6.07) is 0. The molecule has 4 nitrogen and oxygen atoms in total. The number of nitrogens with one attached hydrogen (secondary N) is 1. The van der Waals surface area contributed by atoms with Gasteiger partial charge in [0.2, 0.25) is 0 Å². The van der Waals surface area contributed by atoms with Crippen molar-refractivity contribution < 1.29 is 5.11 Å². The number of rotatable bonds is 2. The minimum absolute atomic E-state index is 0.0255. The van der Waals surface area contributed by atoms with Gasteiger partial charge in [-0.2, -0.15) is 0 Å². The summed E-state index contributed by atoms with van der Waals surface area (Å²) < 4.78 is 0. The molecule has 0 aliphatic heterocycles. The predicted octanol–water partition coefficient (Wildman–Crippen LogP) is 0.0607. The first-order valence-electron chi connectivity index (χ1n) is 2.61. The van der Waals surface area contributed by atoms with Gasteiger partial charge >= 0.3 is 0 Å². The molecule has 6 N–H and O–H groups in total. The van der Waals surface area contributed by atoms with Crippen molar-refractivity contribution in [2.45, 2.75) is 13.3 Å². The standard InChI is InChI=1S/C5H11N3O/c1-2-3(9)4(6)5(7)8/h9H,2,6H2,1H3,(H3,7,8). The number of amidine groups is 1. The minimum atomic E-state index is -0.283. The third kappa shape index (κ3) is 2.03. The minimum Gasteiger partial charge on any atom is -0.510 e. The van der Waals surface area contributed by atoms with Gasteiger partial charge in [-0.15, -0.1) is 0 Å². The summed E-state index contributed by atoms with van der Waals surface area (Å²) in [5, 5.41) is 15.6. The molecular formula is C5H11N3O. The fraction of sp³-hybridized carbons (Fsp3) is 0.400. The Balaban J connectivity index is 4.28. The lowest BCUT2D eigenvalue weighted by molar-refractivity contribution is 0.389. The van der Waals surface area contributed by atoms with Gasteiger partial charge in [0.1, 0.15) is 17.3 Å². The van der Waals surface area contributed by atoms with E-state index in [1.165, 1.54) is 0 Å². The van der Waals surface area contributed by atoms with Crippen LogP contribution in [0.2, 0.25) is 0 Å². The fourth-order valence-electron chi connectivity index (χ4n) is 0.346. The van der Waals surface area contributed by atoms with E-state index in [1.807, 2.05) is 0 Å². The van der Waals surface area contributed by atoms with Crippen LogP contribution in [0.15, 0.2) is 11.5 Å². The molecule has 0 aromatic heterocycles. The molecule has 0 atom stereocenters. The molecule has 0 spiro atoms. The molecule has 9 heavy (non-hydrogen) atoms. The van der Waals surface area contributed by atoms with Gasteiger partial charge in [-0.05, 0) is 0 Å². The topological polar surface area (TPSA) is 96.1 Å². The van der Waals surface area contributed by atoms with E-state index in [9.17, 15) is 0 Å². The third-order valence-corrected chi connectivity index (χ3v) is 0.936. The monoisotopic (exact) mass is 129 g/mol. The molecule has 4 heteroatoms. The van der Waals surface area contributed by atoms with Crippen LogP contribution in [-0.4, -0.2) is 10.9 Å². The van der Waals surface area contributed by atoms with Crippen LogP contribution >= 0.6 is 0 Å². The first-order chi connectivity index (χ1) is 4.09. The normalized spacial score (nSPS) is 12.6. The van der Waals surface area contributed by atoms with E-state index < -0.39 is 0 Å². The molecule has 0 saturated heterocycles. The lowest BCUT2D eigenvalue weighted by atomic mass is 10.3. The van der Waals surface area contributed by atoms with Gasteiger partial charge in [-0.3, -0.25) is 5.41 Å². The molecule has 52 valence electrons. The number of aliphatic hydroxyl groups excluding tert-OH is 1. The fourth-order valence-corrected chi connectivity index (χ4v) is 0.346. The first kappa shape index (κ1) is 7.81. The summed E-state index contributed by atoms with van der Waals surface area (Å²) in [7, 11) is 0. The van der Waals surface area contributed by atoms with E-state index in [0.717, 1.165) is 0 Å².